The van der Waals surface area contributed by atoms with Gasteiger partial charge in [-0.1, -0.05) is 13.0 Å². The van der Waals surface area contributed by atoms with Crippen LogP contribution in [-0.2, 0) is 19.6 Å². The van der Waals surface area contributed by atoms with Crippen LogP contribution in [0.1, 0.15) is 36.9 Å². The maximum Gasteiger partial charge on any atom is 0.313 e. The van der Waals surface area contributed by atoms with Crippen molar-refractivity contribution in [1.82, 2.24) is 14.9 Å². The molecule has 10 nitrogen and oxygen atoms in total. The van der Waals surface area contributed by atoms with Gasteiger partial charge in [-0.3, -0.25) is 14.3 Å². The number of hydrogen-bond acceptors (Lipinski definition) is 7. The summed E-state index contributed by atoms with van der Waals surface area (Å²) < 4.78 is 25.0. The number of aryl methyl sites for hydroxylation is 1. The van der Waals surface area contributed by atoms with Gasteiger partial charge in [0.1, 0.15) is 11.6 Å². The maximum absolute atomic E-state index is 13.0. The molecule has 31 heavy (non-hydrogen) atoms. The molecule has 0 aliphatic carbocycles. The molecule has 1 aliphatic rings. The first-order valence-electron chi connectivity index (χ1n) is 9.81. The normalized spacial score (nSPS) is 19.0. The van der Waals surface area contributed by atoms with E-state index in [1.54, 1.807) is 30.0 Å². The number of aromatic nitrogens is 2. The van der Waals surface area contributed by atoms with Crippen LogP contribution in [0.5, 0.6) is 0 Å². The van der Waals surface area contributed by atoms with E-state index in [1.807, 2.05) is 6.92 Å². The van der Waals surface area contributed by atoms with Crippen molar-refractivity contribution in [2.24, 2.45) is 5.92 Å². The molecule has 2 amide bonds. The van der Waals surface area contributed by atoms with E-state index in [2.05, 4.69) is 20.0 Å². The van der Waals surface area contributed by atoms with Crippen molar-refractivity contribution >= 4 is 39.2 Å². The molecule has 2 aromatic heterocycles. The van der Waals surface area contributed by atoms with Gasteiger partial charge < -0.3 is 16.0 Å². The van der Waals surface area contributed by atoms with E-state index >= 15 is 0 Å². The second kappa shape index (κ2) is 8.88. The summed E-state index contributed by atoms with van der Waals surface area (Å²) >= 11 is 0. The Morgan fingerprint density at radius 1 is 1.19 bits per heavy atom. The lowest BCUT2D eigenvalue weighted by Gasteiger charge is -2.38. The summed E-state index contributed by atoms with van der Waals surface area (Å²) in [6.45, 7) is 4.22. The molecule has 0 bridgehead atoms. The third kappa shape index (κ3) is 5.69. The van der Waals surface area contributed by atoms with Crippen molar-refractivity contribution in [3.8, 4) is 0 Å². The van der Waals surface area contributed by atoms with Gasteiger partial charge in [0.25, 0.3) is 0 Å². The van der Waals surface area contributed by atoms with Crippen molar-refractivity contribution < 1.29 is 18.0 Å². The van der Waals surface area contributed by atoms with Crippen LogP contribution < -0.4 is 15.8 Å². The summed E-state index contributed by atoms with van der Waals surface area (Å²) in [4.78, 5) is 35.3. The van der Waals surface area contributed by atoms with E-state index in [0.717, 1.165) is 18.2 Å². The Morgan fingerprint density at radius 3 is 2.55 bits per heavy atom. The molecule has 0 saturated carbocycles. The van der Waals surface area contributed by atoms with Gasteiger partial charge in [0.05, 0.1) is 24.2 Å². The van der Waals surface area contributed by atoms with E-state index < -0.39 is 21.8 Å². The van der Waals surface area contributed by atoms with Crippen LogP contribution >= 0.6 is 0 Å². The number of carbonyl (C=O) groups is 2. The molecule has 1 fully saturated rings. The quantitative estimate of drug-likeness (QED) is 0.605. The molecule has 3 heterocycles. The number of anilines is 3. The van der Waals surface area contributed by atoms with E-state index in [-0.39, 0.29) is 17.8 Å². The number of nitrogens with one attached hydrogen (secondary N) is 2. The Labute approximate surface area is 181 Å². The topological polar surface area (TPSA) is 147 Å². The van der Waals surface area contributed by atoms with Gasteiger partial charge >= 0.3 is 11.8 Å². The average Bonchev–Trinajstić information content (AvgIpc) is 2.69. The number of rotatable bonds is 4. The van der Waals surface area contributed by atoms with Crippen LogP contribution in [0, 0.1) is 12.8 Å². The number of nitrogen functional groups attached to an aromatic ring is 1. The first-order valence-corrected chi connectivity index (χ1v) is 11.7. The fourth-order valence-electron chi connectivity index (χ4n) is 3.55. The van der Waals surface area contributed by atoms with Crippen LogP contribution in [-0.4, -0.2) is 47.9 Å². The minimum absolute atomic E-state index is 0.192. The largest absolute Gasteiger partial charge is 0.383 e. The molecule has 4 N–H and O–H groups in total. The first-order chi connectivity index (χ1) is 14.5. The monoisotopic (exact) mass is 446 g/mol. The molecule has 0 aromatic carbocycles. The predicted molar refractivity (Wildman–Crippen MR) is 118 cm³/mol. The molecule has 0 unspecified atom stereocenters. The second-order valence-electron chi connectivity index (χ2n) is 7.89. The van der Waals surface area contributed by atoms with Crippen LogP contribution in [0.25, 0.3) is 0 Å². The van der Waals surface area contributed by atoms with E-state index in [4.69, 9.17) is 5.73 Å². The molecule has 2 aromatic rings. The Hall–Kier alpha value is -3.21. The smallest absolute Gasteiger partial charge is 0.313 e. The number of amides is 2. The van der Waals surface area contributed by atoms with Gasteiger partial charge in [-0.15, -0.1) is 0 Å². The fraction of sp³-hybridized carbons (Fsp3) is 0.400. The van der Waals surface area contributed by atoms with E-state index in [9.17, 15) is 18.0 Å². The molecule has 3 rings (SSSR count). The fourth-order valence-corrected chi connectivity index (χ4v) is 4.05. The second-order valence-corrected chi connectivity index (χ2v) is 9.64. The van der Waals surface area contributed by atoms with Crippen LogP contribution in [0.2, 0.25) is 0 Å². The number of carbonyl (C=O) groups excluding carboxylic acids is 2. The lowest BCUT2D eigenvalue weighted by atomic mass is 9.90. The van der Waals surface area contributed by atoms with Crippen molar-refractivity contribution in [2.75, 3.05) is 28.6 Å². The van der Waals surface area contributed by atoms with Gasteiger partial charge in [-0.25, -0.2) is 18.4 Å². The molecular weight excluding hydrogens is 420 g/mol. The molecule has 1 aliphatic heterocycles. The van der Waals surface area contributed by atoms with Gasteiger partial charge in [-0.2, -0.15) is 0 Å². The zero-order chi connectivity index (χ0) is 22.8. The van der Waals surface area contributed by atoms with Crippen molar-refractivity contribution in [1.29, 1.82) is 0 Å². The number of likely N-dealkylation sites (tertiary alicyclic amines) is 1. The SMILES string of the molecule is Cc1cc(NC(=O)C(=O)N2C[C@H](C)CC[C@H]2c2ccc(NS(C)(=O)=O)nc2)cnc1N. The molecule has 0 spiro atoms. The standard InChI is InChI=1S/C20H26N6O4S/c1-12-4-6-16(14-5-7-17(22-9-14)25-31(3,29)30)26(11-12)20(28)19(27)24-15-8-13(2)18(21)23-10-15/h5,7-10,12,16H,4,6,11H2,1-3H3,(H2,21,23)(H,22,25)(H,24,27)/t12-,16+/m1/s1. The molecule has 0 radical (unpaired) electrons. The van der Waals surface area contributed by atoms with Gasteiger partial charge in [0, 0.05) is 12.7 Å². The molecular formula is C20H26N6O4S. The highest BCUT2D eigenvalue weighted by Crippen LogP contribution is 2.33. The summed E-state index contributed by atoms with van der Waals surface area (Å²) in [5.41, 5.74) is 7.52. The van der Waals surface area contributed by atoms with Crippen molar-refractivity contribution in [3.05, 3.63) is 41.7 Å². The Kier molecular flexibility index (Phi) is 6.44. The summed E-state index contributed by atoms with van der Waals surface area (Å²) in [7, 11) is -3.44. The minimum Gasteiger partial charge on any atom is -0.383 e. The zero-order valence-corrected chi connectivity index (χ0v) is 18.4. The first kappa shape index (κ1) is 22.5. The van der Waals surface area contributed by atoms with E-state index in [1.165, 1.54) is 12.4 Å². The Morgan fingerprint density at radius 2 is 1.94 bits per heavy atom. The third-order valence-corrected chi connectivity index (χ3v) is 5.69. The van der Waals surface area contributed by atoms with Crippen molar-refractivity contribution in [2.45, 2.75) is 32.7 Å². The summed E-state index contributed by atoms with van der Waals surface area (Å²) in [6, 6.07) is 4.58. The lowest BCUT2D eigenvalue weighted by Crippen LogP contribution is -2.46. The number of sulfonamides is 1. The Bertz CT molecular complexity index is 1090. The highest BCUT2D eigenvalue weighted by Gasteiger charge is 2.34. The lowest BCUT2D eigenvalue weighted by molar-refractivity contribution is -0.146. The number of nitrogens with zero attached hydrogens (tertiary/aromatic N) is 3. The van der Waals surface area contributed by atoms with Crippen LogP contribution in [0.15, 0.2) is 30.6 Å². The van der Waals surface area contributed by atoms with Gasteiger partial charge in [-0.05, 0) is 48.9 Å². The highest BCUT2D eigenvalue weighted by atomic mass is 32.2. The van der Waals surface area contributed by atoms with Crippen LogP contribution in [0.3, 0.4) is 0 Å². The average molecular weight is 447 g/mol. The number of nitrogens with two attached hydrogens (primary N) is 1. The molecule has 1 saturated heterocycles. The molecule has 166 valence electrons. The predicted octanol–water partition coefficient (Wildman–Crippen LogP) is 1.68. The van der Waals surface area contributed by atoms with Crippen LogP contribution in [0.4, 0.5) is 17.3 Å². The third-order valence-electron chi connectivity index (χ3n) is 5.11. The number of hydrogen-bond donors (Lipinski definition) is 3. The minimum atomic E-state index is -3.44. The van der Waals surface area contributed by atoms with Gasteiger partial charge in [0.2, 0.25) is 10.0 Å². The number of pyridine rings is 2. The molecule has 2 atom stereocenters. The number of piperidine rings is 1. The summed E-state index contributed by atoms with van der Waals surface area (Å²) in [6.07, 6.45) is 5.53. The zero-order valence-electron chi connectivity index (χ0n) is 17.6. The highest BCUT2D eigenvalue weighted by molar-refractivity contribution is 7.92. The summed E-state index contributed by atoms with van der Waals surface area (Å²) in [5, 5.41) is 2.59. The van der Waals surface area contributed by atoms with Crippen molar-refractivity contribution in [3.63, 3.8) is 0 Å². The van der Waals surface area contributed by atoms with E-state index in [0.29, 0.717) is 30.0 Å². The maximum atomic E-state index is 13.0. The Balaban J connectivity index is 1.78. The molecule has 11 heteroatoms. The van der Waals surface area contributed by atoms with Gasteiger partial charge in [0.15, 0.2) is 0 Å². The summed E-state index contributed by atoms with van der Waals surface area (Å²) in [5.74, 6) is -0.613.